The Morgan fingerprint density at radius 1 is 0.852 bits per heavy atom. The molecule has 0 radical (unpaired) electrons. The van der Waals surface area contributed by atoms with Crippen LogP contribution in [0.3, 0.4) is 0 Å². The quantitative estimate of drug-likeness (QED) is 0.719. The third kappa shape index (κ3) is 2.29. The maximum Gasteiger partial charge on any atom is 0.189 e. The van der Waals surface area contributed by atoms with Crippen LogP contribution in [-0.2, 0) is 10.4 Å². The Labute approximate surface area is 162 Å². The number of rotatable bonds is 2. The lowest BCUT2D eigenvalue weighted by molar-refractivity contribution is -0.138. The summed E-state index contributed by atoms with van der Waals surface area (Å²) in [5.74, 6) is -0.451. The summed E-state index contributed by atoms with van der Waals surface area (Å²) < 4.78 is 6.15. The largest absolute Gasteiger partial charge is 0.485 e. The van der Waals surface area contributed by atoms with Crippen molar-refractivity contribution in [1.29, 1.82) is 0 Å². The van der Waals surface area contributed by atoms with Crippen LogP contribution in [0.15, 0.2) is 78.9 Å². The highest BCUT2D eigenvalue weighted by atomic mass is 35.5. The van der Waals surface area contributed by atoms with Crippen LogP contribution >= 0.6 is 11.6 Å². The summed E-state index contributed by atoms with van der Waals surface area (Å²) in [4.78, 5) is 13.6. The van der Waals surface area contributed by atoms with Crippen LogP contribution in [0, 0.1) is 0 Å². The fourth-order valence-electron chi connectivity index (χ4n) is 4.51. The molecule has 134 valence electrons. The smallest absolute Gasteiger partial charge is 0.189 e. The molecule has 0 aromatic heterocycles. The fourth-order valence-corrected chi connectivity index (χ4v) is 4.64. The van der Waals surface area contributed by atoms with Crippen molar-refractivity contribution in [3.63, 3.8) is 0 Å². The summed E-state index contributed by atoms with van der Waals surface area (Å²) in [6, 6.07) is 24.3. The molecule has 0 spiro atoms. The van der Waals surface area contributed by atoms with Gasteiger partial charge in [0.05, 0.1) is 5.92 Å². The Morgan fingerprint density at radius 2 is 1.52 bits per heavy atom. The number of hydrogen-bond acceptors (Lipinski definition) is 3. The van der Waals surface area contributed by atoms with Gasteiger partial charge in [0.2, 0.25) is 0 Å². The molecule has 3 nitrogen and oxygen atoms in total. The SMILES string of the molecule is O=C1C(c2ccc(Cl)cc2)C(c2ccccc2)C2Oc3ccccc3C12O. The van der Waals surface area contributed by atoms with E-state index in [0.717, 1.165) is 11.1 Å². The number of benzene rings is 3. The van der Waals surface area contributed by atoms with Gasteiger partial charge >= 0.3 is 0 Å². The zero-order chi connectivity index (χ0) is 18.6. The van der Waals surface area contributed by atoms with Crippen molar-refractivity contribution in [3.05, 3.63) is 101 Å². The van der Waals surface area contributed by atoms with Gasteiger partial charge in [0, 0.05) is 16.5 Å². The molecule has 0 amide bonds. The monoisotopic (exact) mass is 376 g/mol. The maximum atomic E-state index is 13.6. The molecule has 3 aromatic rings. The Balaban J connectivity index is 1.71. The number of carbonyl (C=O) groups excluding carboxylic acids is 1. The number of para-hydroxylation sites is 1. The lowest BCUT2D eigenvalue weighted by Gasteiger charge is -2.24. The average Bonchev–Trinajstić information content (AvgIpc) is 3.12. The molecule has 0 saturated heterocycles. The van der Waals surface area contributed by atoms with Gasteiger partial charge in [0.15, 0.2) is 11.4 Å². The lowest BCUT2D eigenvalue weighted by atomic mass is 9.83. The zero-order valence-corrected chi connectivity index (χ0v) is 15.1. The van der Waals surface area contributed by atoms with Crippen LogP contribution in [0.4, 0.5) is 0 Å². The minimum Gasteiger partial charge on any atom is -0.485 e. The summed E-state index contributed by atoms with van der Waals surface area (Å²) in [5.41, 5.74) is 0.709. The Bertz CT molecular complexity index is 1020. The standard InChI is InChI=1S/C23H17ClO3/c24-16-12-10-15(11-13-16)19-20(14-6-2-1-3-7-14)22-23(26,21(19)25)17-8-4-5-9-18(17)27-22/h1-13,19-20,22,26H. The molecular formula is C23H17ClO3. The fraction of sp³-hybridized carbons (Fsp3) is 0.174. The normalized spacial score (nSPS) is 28.5. The third-order valence-corrected chi connectivity index (χ3v) is 5.97. The number of carbonyl (C=O) groups is 1. The summed E-state index contributed by atoms with van der Waals surface area (Å²) >= 11 is 6.04. The highest BCUT2D eigenvalue weighted by molar-refractivity contribution is 6.30. The molecule has 4 atom stereocenters. The Hall–Kier alpha value is -2.62. The number of hydrogen-bond donors (Lipinski definition) is 1. The minimum atomic E-state index is -1.65. The Kier molecular flexibility index (Phi) is 3.64. The molecule has 1 aliphatic carbocycles. The molecule has 1 N–H and O–H groups in total. The number of aliphatic hydroxyl groups is 1. The van der Waals surface area contributed by atoms with E-state index in [9.17, 15) is 9.90 Å². The molecule has 3 aromatic carbocycles. The van der Waals surface area contributed by atoms with Crippen LogP contribution in [0.2, 0.25) is 5.02 Å². The van der Waals surface area contributed by atoms with Crippen LogP contribution < -0.4 is 4.74 Å². The van der Waals surface area contributed by atoms with E-state index >= 15 is 0 Å². The number of fused-ring (bicyclic) bond motifs is 3. The number of halogens is 1. The van der Waals surface area contributed by atoms with E-state index in [1.165, 1.54) is 0 Å². The molecule has 1 saturated carbocycles. The van der Waals surface area contributed by atoms with Gasteiger partial charge < -0.3 is 9.84 Å². The van der Waals surface area contributed by atoms with Crippen molar-refractivity contribution < 1.29 is 14.6 Å². The second-order valence-corrected chi connectivity index (χ2v) is 7.57. The second kappa shape index (κ2) is 5.95. The summed E-state index contributed by atoms with van der Waals surface area (Å²) in [5, 5.41) is 12.2. The van der Waals surface area contributed by atoms with E-state index in [4.69, 9.17) is 16.3 Å². The molecule has 2 aliphatic rings. The van der Waals surface area contributed by atoms with Crippen LogP contribution in [-0.4, -0.2) is 17.0 Å². The topological polar surface area (TPSA) is 46.5 Å². The summed E-state index contributed by atoms with van der Waals surface area (Å²) in [7, 11) is 0. The van der Waals surface area contributed by atoms with Crippen LogP contribution in [0.1, 0.15) is 28.5 Å². The zero-order valence-electron chi connectivity index (χ0n) is 14.4. The van der Waals surface area contributed by atoms with E-state index < -0.39 is 17.6 Å². The van der Waals surface area contributed by atoms with Crippen LogP contribution in [0.5, 0.6) is 5.75 Å². The molecule has 5 rings (SSSR count). The first kappa shape index (κ1) is 16.5. The average molecular weight is 377 g/mol. The van der Waals surface area contributed by atoms with Crippen LogP contribution in [0.25, 0.3) is 0 Å². The first-order chi connectivity index (χ1) is 13.1. The van der Waals surface area contributed by atoms with Gasteiger partial charge in [-0.05, 0) is 29.3 Å². The molecule has 1 heterocycles. The first-order valence-corrected chi connectivity index (χ1v) is 9.32. The molecule has 4 heteroatoms. The molecule has 0 bridgehead atoms. The number of ketones is 1. The second-order valence-electron chi connectivity index (χ2n) is 7.13. The molecule has 4 unspecified atom stereocenters. The predicted molar refractivity (Wildman–Crippen MR) is 103 cm³/mol. The van der Waals surface area contributed by atoms with E-state index in [1.54, 1.807) is 24.3 Å². The van der Waals surface area contributed by atoms with E-state index in [2.05, 4.69) is 0 Å². The summed E-state index contributed by atoms with van der Waals surface area (Å²) in [6.07, 6.45) is -0.662. The summed E-state index contributed by atoms with van der Waals surface area (Å²) in [6.45, 7) is 0. The molecule has 1 aliphatic heterocycles. The van der Waals surface area contributed by atoms with Gasteiger partial charge in [-0.3, -0.25) is 4.79 Å². The van der Waals surface area contributed by atoms with Crippen molar-refractivity contribution in [2.75, 3.05) is 0 Å². The number of Topliss-reactive ketones (excluding diaryl/α,β-unsaturated/α-hetero) is 1. The van der Waals surface area contributed by atoms with Crippen molar-refractivity contribution in [2.45, 2.75) is 23.5 Å². The van der Waals surface area contributed by atoms with Gasteiger partial charge in [0.1, 0.15) is 11.9 Å². The highest BCUT2D eigenvalue weighted by Gasteiger charge is 2.66. The van der Waals surface area contributed by atoms with Gasteiger partial charge in [-0.15, -0.1) is 0 Å². The Morgan fingerprint density at radius 3 is 2.26 bits per heavy atom. The van der Waals surface area contributed by atoms with E-state index in [-0.39, 0.29) is 11.7 Å². The molecular weight excluding hydrogens is 360 g/mol. The lowest BCUT2D eigenvalue weighted by Crippen LogP contribution is -2.40. The number of ether oxygens (including phenoxy) is 1. The van der Waals surface area contributed by atoms with Crippen molar-refractivity contribution in [1.82, 2.24) is 0 Å². The van der Waals surface area contributed by atoms with Crippen molar-refractivity contribution in [3.8, 4) is 5.75 Å². The van der Waals surface area contributed by atoms with Gasteiger partial charge in [0.25, 0.3) is 0 Å². The maximum absolute atomic E-state index is 13.6. The van der Waals surface area contributed by atoms with Gasteiger partial charge in [-0.25, -0.2) is 0 Å². The highest BCUT2D eigenvalue weighted by Crippen LogP contribution is 2.58. The van der Waals surface area contributed by atoms with E-state index in [1.807, 2.05) is 54.6 Å². The van der Waals surface area contributed by atoms with Crippen molar-refractivity contribution >= 4 is 17.4 Å². The van der Waals surface area contributed by atoms with Gasteiger partial charge in [-0.2, -0.15) is 0 Å². The molecule has 1 fully saturated rings. The third-order valence-electron chi connectivity index (χ3n) is 5.72. The van der Waals surface area contributed by atoms with Gasteiger partial charge in [-0.1, -0.05) is 72.3 Å². The van der Waals surface area contributed by atoms with Crippen molar-refractivity contribution in [2.24, 2.45) is 0 Å². The predicted octanol–water partition coefficient (Wildman–Crippen LogP) is 4.44. The molecule has 27 heavy (non-hydrogen) atoms. The first-order valence-electron chi connectivity index (χ1n) is 8.94. The van der Waals surface area contributed by atoms with E-state index in [0.29, 0.717) is 16.3 Å². The minimum absolute atomic E-state index is 0.228.